The number of nitrogens with two attached hydrogens (primary N) is 2. The fraction of sp³-hybridized carbons (Fsp3) is 1.00. The summed E-state index contributed by atoms with van der Waals surface area (Å²) in [5, 5.41) is 6.55. The zero-order valence-electron chi connectivity index (χ0n) is 7.82. The summed E-state index contributed by atoms with van der Waals surface area (Å²) in [7, 11) is 0. The molecule has 6 nitrogen and oxygen atoms in total. The van der Waals surface area contributed by atoms with Gasteiger partial charge < -0.3 is 16.8 Å². The summed E-state index contributed by atoms with van der Waals surface area (Å²) in [4.78, 5) is 2.62. The lowest BCUT2D eigenvalue weighted by Crippen LogP contribution is -2.25. The molecule has 76 valence electrons. The second-order valence-electron chi connectivity index (χ2n) is 2.81. The van der Waals surface area contributed by atoms with Crippen molar-refractivity contribution in [2.24, 2.45) is 16.6 Å². The molecule has 13 heavy (non-hydrogen) atoms. The first kappa shape index (κ1) is 12.2. The van der Waals surface area contributed by atoms with Crippen LogP contribution < -0.4 is 16.8 Å². The molecule has 0 bridgehead atoms. The maximum absolute atomic E-state index is 8.05. The van der Waals surface area contributed by atoms with Gasteiger partial charge in [-0.25, -0.2) is 0 Å². The molecule has 0 saturated carbocycles. The quantitative estimate of drug-likeness (QED) is 0.219. The molecule has 0 radical (unpaired) electrons. The van der Waals surface area contributed by atoms with E-state index in [1.165, 1.54) is 0 Å². The van der Waals surface area contributed by atoms with E-state index in [0.29, 0.717) is 6.42 Å². The summed E-state index contributed by atoms with van der Waals surface area (Å²) >= 11 is 0. The summed E-state index contributed by atoms with van der Waals surface area (Å²) in [5.74, 6) is 0. The molecule has 0 aliphatic heterocycles. The summed E-state index contributed by atoms with van der Waals surface area (Å²) in [6, 6.07) is 0. The van der Waals surface area contributed by atoms with Crippen LogP contribution >= 0.6 is 0 Å². The van der Waals surface area contributed by atoms with Crippen LogP contribution in [0.4, 0.5) is 0 Å². The van der Waals surface area contributed by atoms with E-state index in [1.54, 1.807) is 0 Å². The van der Waals surface area contributed by atoms with Crippen molar-refractivity contribution in [1.82, 2.24) is 5.32 Å². The molecular formula is C7H18N6. The molecule has 5 N–H and O–H groups in total. The third-order valence-corrected chi connectivity index (χ3v) is 1.62. The Morgan fingerprint density at radius 1 is 1.38 bits per heavy atom. The molecule has 0 aliphatic rings. The van der Waals surface area contributed by atoms with Crippen molar-refractivity contribution in [3.63, 3.8) is 0 Å². The third-order valence-electron chi connectivity index (χ3n) is 1.62. The van der Waals surface area contributed by atoms with Crippen LogP contribution in [0.3, 0.4) is 0 Å². The zero-order valence-corrected chi connectivity index (χ0v) is 7.82. The van der Waals surface area contributed by atoms with Gasteiger partial charge in [0, 0.05) is 4.91 Å². The van der Waals surface area contributed by atoms with E-state index in [0.717, 1.165) is 32.5 Å². The Balaban J connectivity index is 3.11. The lowest BCUT2D eigenvalue weighted by Gasteiger charge is -2.05. The van der Waals surface area contributed by atoms with Gasteiger partial charge in [-0.3, -0.25) is 0 Å². The standard InChI is InChI=1S/C7H18N6/c8-4-1-2-5-11-6-3-7(9)12-13-10/h7,11H,1-6,8-9H2. The van der Waals surface area contributed by atoms with Crippen LogP contribution in [-0.2, 0) is 0 Å². The van der Waals surface area contributed by atoms with Crippen molar-refractivity contribution in [2.75, 3.05) is 19.6 Å². The smallest absolute Gasteiger partial charge is 0.0848 e. The minimum Gasteiger partial charge on any atom is -0.330 e. The van der Waals surface area contributed by atoms with Gasteiger partial charge in [-0.05, 0) is 44.4 Å². The van der Waals surface area contributed by atoms with Crippen LogP contribution in [-0.4, -0.2) is 25.8 Å². The van der Waals surface area contributed by atoms with Gasteiger partial charge in [-0.15, -0.1) is 0 Å². The monoisotopic (exact) mass is 186 g/mol. The Kier molecular flexibility index (Phi) is 8.70. The minimum atomic E-state index is -0.410. The van der Waals surface area contributed by atoms with Crippen LogP contribution in [0.2, 0.25) is 0 Å². The highest BCUT2D eigenvalue weighted by molar-refractivity contribution is 4.60. The van der Waals surface area contributed by atoms with E-state index in [4.69, 9.17) is 17.0 Å². The van der Waals surface area contributed by atoms with Gasteiger partial charge >= 0.3 is 0 Å². The van der Waals surface area contributed by atoms with E-state index in [2.05, 4.69) is 15.3 Å². The Bertz CT molecular complexity index is 153. The topological polar surface area (TPSA) is 113 Å². The Morgan fingerprint density at radius 3 is 2.77 bits per heavy atom. The molecule has 1 unspecified atom stereocenters. The van der Waals surface area contributed by atoms with Crippen molar-refractivity contribution in [2.45, 2.75) is 25.4 Å². The first-order valence-corrected chi connectivity index (χ1v) is 4.52. The molecule has 0 aliphatic carbocycles. The summed E-state index contributed by atoms with van der Waals surface area (Å²) in [6.45, 7) is 2.46. The molecule has 0 fully saturated rings. The highest BCUT2D eigenvalue weighted by Gasteiger charge is 1.96. The van der Waals surface area contributed by atoms with E-state index in [9.17, 15) is 0 Å². The third kappa shape index (κ3) is 9.10. The average molecular weight is 186 g/mol. The van der Waals surface area contributed by atoms with E-state index in [-0.39, 0.29) is 0 Å². The number of nitrogens with one attached hydrogen (secondary N) is 1. The normalized spacial score (nSPS) is 12.2. The van der Waals surface area contributed by atoms with Crippen LogP contribution in [0.25, 0.3) is 10.4 Å². The highest BCUT2D eigenvalue weighted by atomic mass is 15.2. The molecule has 0 rings (SSSR count). The SMILES string of the molecule is [N-]=[N+]=NC(N)CCNCCCCN. The van der Waals surface area contributed by atoms with Crippen molar-refractivity contribution >= 4 is 0 Å². The van der Waals surface area contributed by atoms with Gasteiger partial charge in [0.05, 0.1) is 6.17 Å². The molecule has 0 aromatic heterocycles. The number of rotatable bonds is 8. The maximum Gasteiger partial charge on any atom is 0.0848 e. The molecule has 0 spiro atoms. The Hall–Kier alpha value is -0.810. The number of unbranched alkanes of at least 4 members (excludes halogenated alkanes) is 1. The van der Waals surface area contributed by atoms with E-state index < -0.39 is 6.17 Å². The number of azide groups is 1. The first-order valence-electron chi connectivity index (χ1n) is 4.52. The average Bonchev–Trinajstić information content (AvgIpc) is 2.11. The Labute approximate surface area is 78.3 Å². The molecule has 1 atom stereocenters. The molecule has 0 heterocycles. The van der Waals surface area contributed by atoms with Gasteiger partial charge in [-0.2, -0.15) is 0 Å². The first-order chi connectivity index (χ1) is 6.31. The van der Waals surface area contributed by atoms with Crippen molar-refractivity contribution in [3.05, 3.63) is 10.4 Å². The molecule has 6 heteroatoms. The van der Waals surface area contributed by atoms with Gasteiger partial charge in [0.2, 0.25) is 0 Å². The number of hydrogen-bond donors (Lipinski definition) is 3. The number of hydrogen-bond acceptors (Lipinski definition) is 4. The molecule has 0 amide bonds. The van der Waals surface area contributed by atoms with Gasteiger partial charge in [0.25, 0.3) is 0 Å². The lowest BCUT2D eigenvalue weighted by atomic mass is 10.3. The molecule has 0 aromatic carbocycles. The summed E-state index contributed by atoms with van der Waals surface area (Å²) in [5.41, 5.74) is 18.8. The second kappa shape index (κ2) is 9.28. The second-order valence-corrected chi connectivity index (χ2v) is 2.81. The fourth-order valence-electron chi connectivity index (χ4n) is 0.893. The van der Waals surface area contributed by atoms with Crippen LogP contribution in [0.1, 0.15) is 19.3 Å². The van der Waals surface area contributed by atoms with Crippen LogP contribution in [0.15, 0.2) is 5.11 Å². The predicted molar refractivity (Wildman–Crippen MR) is 52.9 cm³/mol. The van der Waals surface area contributed by atoms with Gasteiger partial charge in [0.15, 0.2) is 0 Å². The van der Waals surface area contributed by atoms with Crippen LogP contribution in [0.5, 0.6) is 0 Å². The molecule has 0 saturated heterocycles. The maximum atomic E-state index is 8.05. The van der Waals surface area contributed by atoms with Crippen LogP contribution in [0, 0.1) is 0 Å². The van der Waals surface area contributed by atoms with Crippen molar-refractivity contribution in [3.8, 4) is 0 Å². The summed E-state index contributed by atoms with van der Waals surface area (Å²) in [6.07, 6.45) is 2.38. The van der Waals surface area contributed by atoms with E-state index >= 15 is 0 Å². The lowest BCUT2D eigenvalue weighted by molar-refractivity contribution is 0.557. The largest absolute Gasteiger partial charge is 0.330 e. The minimum absolute atomic E-state index is 0.410. The van der Waals surface area contributed by atoms with Crippen molar-refractivity contribution < 1.29 is 0 Å². The highest BCUT2D eigenvalue weighted by Crippen LogP contribution is 1.89. The van der Waals surface area contributed by atoms with Gasteiger partial charge in [0.1, 0.15) is 0 Å². The predicted octanol–water partition coefficient (Wildman–Crippen LogP) is 0.300. The van der Waals surface area contributed by atoms with Crippen molar-refractivity contribution in [1.29, 1.82) is 0 Å². The molecule has 0 aromatic rings. The Morgan fingerprint density at radius 2 is 2.15 bits per heavy atom. The van der Waals surface area contributed by atoms with Gasteiger partial charge in [-0.1, -0.05) is 5.11 Å². The number of nitrogens with zero attached hydrogens (tertiary/aromatic N) is 3. The zero-order chi connectivity index (χ0) is 9.94. The fourth-order valence-corrected chi connectivity index (χ4v) is 0.893. The summed E-state index contributed by atoms with van der Waals surface area (Å²) < 4.78 is 0. The molecular weight excluding hydrogens is 168 g/mol. The van der Waals surface area contributed by atoms with E-state index in [1.807, 2.05) is 0 Å².